The molecule has 3 nitrogen and oxygen atoms in total. The van der Waals surface area contributed by atoms with E-state index < -0.39 is 0 Å². The van der Waals surface area contributed by atoms with Crippen LogP contribution < -0.4 is 10.1 Å². The van der Waals surface area contributed by atoms with Crippen LogP contribution in [0.1, 0.15) is 35.5 Å². The SMILES string of the molecule is Cc1cc(OCc2cc(CNC3CC3)oc2C)ccc1F. The van der Waals surface area contributed by atoms with Crippen molar-refractivity contribution in [2.45, 2.75) is 45.9 Å². The largest absolute Gasteiger partial charge is 0.489 e. The van der Waals surface area contributed by atoms with Gasteiger partial charge in [0.2, 0.25) is 0 Å². The van der Waals surface area contributed by atoms with Crippen LogP contribution in [-0.2, 0) is 13.2 Å². The number of aryl methyl sites for hydroxylation is 2. The third-order valence-corrected chi connectivity index (χ3v) is 3.74. The first-order valence-electron chi connectivity index (χ1n) is 7.32. The molecule has 0 bridgehead atoms. The molecule has 0 aliphatic heterocycles. The minimum absolute atomic E-state index is 0.213. The summed E-state index contributed by atoms with van der Waals surface area (Å²) in [5.41, 5.74) is 1.62. The fourth-order valence-electron chi connectivity index (χ4n) is 2.22. The third-order valence-electron chi connectivity index (χ3n) is 3.74. The molecule has 0 saturated heterocycles. The number of nitrogens with one attached hydrogen (secondary N) is 1. The Hall–Kier alpha value is -1.81. The van der Waals surface area contributed by atoms with Crippen LogP contribution in [0.4, 0.5) is 4.39 Å². The Morgan fingerprint density at radius 2 is 2.10 bits per heavy atom. The van der Waals surface area contributed by atoms with Crippen LogP contribution in [0.5, 0.6) is 5.75 Å². The summed E-state index contributed by atoms with van der Waals surface area (Å²) in [6.45, 7) is 4.87. The highest BCUT2D eigenvalue weighted by molar-refractivity contribution is 5.29. The second kappa shape index (κ2) is 5.90. The molecular weight excluding hydrogens is 269 g/mol. The molecule has 0 radical (unpaired) electrons. The summed E-state index contributed by atoms with van der Waals surface area (Å²) in [6, 6.07) is 7.48. The van der Waals surface area contributed by atoms with Gasteiger partial charge in [-0.3, -0.25) is 0 Å². The predicted octanol–water partition coefficient (Wildman–Crippen LogP) is 3.87. The number of hydrogen-bond donors (Lipinski definition) is 1. The molecule has 0 amide bonds. The van der Waals surface area contributed by atoms with Gasteiger partial charge >= 0.3 is 0 Å². The lowest BCUT2D eigenvalue weighted by molar-refractivity contribution is 0.302. The lowest BCUT2D eigenvalue weighted by Crippen LogP contribution is -2.14. The monoisotopic (exact) mass is 289 g/mol. The Bertz CT molecular complexity index is 632. The molecule has 0 spiro atoms. The van der Waals surface area contributed by atoms with Gasteiger partial charge in [-0.2, -0.15) is 0 Å². The molecule has 1 aliphatic rings. The third kappa shape index (κ3) is 3.64. The van der Waals surface area contributed by atoms with E-state index in [0.717, 1.165) is 23.6 Å². The predicted molar refractivity (Wildman–Crippen MR) is 78.8 cm³/mol. The van der Waals surface area contributed by atoms with Gasteiger partial charge in [-0.25, -0.2) is 4.39 Å². The minimum Gasteiger partial charge on any atom is -0.489 e. The molecule has 112 valence electrons. The molecule has 1 N–H and O–H groups in total. The highest BCUT2D eigenvalue weighted by Crippen LogP contribution is 2.22. The van der Waals surface area contributed by atoms with Crippen molar-refractivity contribution in [3.05, 3.63) is 52.7 Å². The number of halogens is 1. The summed E-state index contributed by atoms with van der Waals surface area (Å²) in [5, 5.41) is 3.42. The highest BCUT2D eigenvalue weighted by atomic mass is 19.1. The number of hydrogen-bond acceptors (Lipinski definition) is 3. The van der Waals surface area contributed by atoms with Crippen molar-refractivity contribution in [2.24, 2.45) is 0 Å². The molecule has 1 saturated carbocycles. The quantitative estimate of drug-likeness (QED) is 0.876. The average molecular weight is 289 g/mol. The molecule has 2 aromatic rings. The topological polar surface area (TPSA) is 34.4 Å². The van der Waals surface area contributed by atoms with Crippen molar-refractivity contribution >= 4 is 0 Å². The van der Waals surface area contributed by atoms with Crippen LogP contribution in [-0.4, -0.2) is 6.04 Å². The number of benzene rings is 1. The van der Waals surface area contributed by atoms with E-state index in [9.17, 15) is 4.39 Å². The lowest BCUT2D eigenvalue weighted by Gasteiger charge is -2.06. The fourth-order valence-corrected chi connectivity index (χ4v) is 2.22. The van der Waals surface area contributed by atoms with Crippen molar-refractivity contribution in [1.29, 1.82) is 0 Å². The van der Waals surface area contributed by atoms with Crippen LogP contribution in [0.3, 0.4) is 0 Å². The van der Waals surface area contributed by atoms with Gasteiger partial charge in [-0.05, 0) is 56.5 Å². The Balaban J connectivity index is 1.59. The van der Waals surface area contributed by atoms with Crippen LogP contribution in [0.2, 0.25) is 0 Å². The Kier molecular flexibility index (Phi) is 3.97. The van der Waals surface area contributed by atoms with Crippen molar-refractivity contribution in [3.63, 3.8) is 0 Å². The van der Waals surface area contributed by atoms with E-state index in [1.165, 1.54) is 18.9 Å². The second-order valence-corrected chi connectivity index (χ2v) is 5.65. The summed E-state index contributed by atoms with van der Waals surface area (Å²) in [6.07, 6.45) is 2.53. The molecule has 4 heteroatoms. The molecule has 0 unspecified atom stereocenters. The van der Waals surface area contributed by atoms with Crippen LogP contribution in [0.15, 0.2) is 28.7 Å². The van der Waals surface area contributed by atoms with E-state index in [1.807, 2.05) is 13.0 Å². The first kappa shape index (κ1) is 14.1. The van der Waals surface area contributed by atoms with Gasteiger partial charge < -0.3 is 14.5 Å². The second-order valence-electron chi connectivity index (χ2n) is 5.65. The first-order chi connectivity index (χ1) is 10.1. The standard InChI is InChI=1S/C17H20FNO2/c1-11-7-15(5-6-17(11)18)20-10-13-8-16(21-12(13)2)9-19-14-3-4-14/h5-8,14,19H,3-4,9-10H2,1-2H3. The molecule has 1 aromatic carbocycles. The maximum absolute atomic E-state index is 13.2. The fraction of sp³-hybridized carbons (Fsp3) is 0.412. The van der Waals surface area contributed by atoms with Crippen LogP contribution in [0.25, 0.3) is 0 Å². The summed E-state index contributed by atoms with van der Waals surface area (Å²) in [5.74, 6) is 2.28. The van der Waals surface area contributed by atoms with E-state index in [0.29, 0.717) is 24.0 Å². The van der Waals surface area contributed by atoms with E-state index in [2.05, 4.69) is 5.32 Å². The number of furan rings is 1. The maximum atomic E-state index is 13.2. The molecule has 1 heterocycles. The number of rotatable bonds is 6. The normalized spacial score (nSPS) is 14.4. The highest BCUT2D eigenvalue weighted by Gasteiger charge is 2.20. The Morgan fingerprint density at radius 1 is 1.29 bits per heavy atom. The van der Waals surface area contributed by atoms with Crippen LogP contribution >= 0.6 is 0 Å². The van der Waals surface area contributed by atoms with Gasteiger partial charge in [-0.1, -0.05) is 0 Å². The molecule has 1 aromatic heterocycles. The van der Waals surface area contributed by atoms with Crippen molar-refractivity contribution in [3.8, 4) is 5.75 Å². The molecule has 21 heavy (non-hydrogen) atoms. The van der Waals surface area contributed by atoms with Crippen molar-refractivity contribution < 1.29 is 13.5 Å². The molecule has 0 atom stereocenters. The van der Waals surface area contributed by atoms with Crippen LogP contribution in [0, 0.1) is 19.7 Å². The Morgan fingerprint density at radius 3 is 2.81 bits per heavy atom. The lowest BCUT2D eigenvalue weighted by atomic mass is 10.2. The van der Waals surface area contributed by atoms with E-state index in [4.69, 9.17) is 9.15 Å². The molecule has 1 fully saturated rings. The smallest absolute Gasteiger partial charge is 0.126 e. The summed E-state index contributed by atoms with van der Waals surface area (Å²) < 4.78 is 24.6. The zero-order valence-corrected chi connectivity index (χ0v) is 12.4. The summed E-state index contributed by atoms with van der Waals surface area (Å²) in [7, 11) is 0. The van der Waals surface area contributed by atoms with Gasteiger partial charge in [0.05, 0.1) is 6.54 Å². The van der Waals surface area contributed by atoms with Gasteiger partial charge in [-0.15, -0.1) is 0 Å². The van der Waals surface area contributed by atoms with E-state index >= 15 is 0 Å². The summed E-state index contributed by atoms with van der Waals surface area (Å²) in [4.78, 5) is 0. The van der Waals surface area contributed by atoms with Gasteiger partial charge in [0, 0.05) is 11.6 Å². The maximum Gasteiger partial charge on any atom is 0.126 e. The van der Waals surface area contributed by atoms with Gasteiger partial charge in [0.15, 0.2) is 0 Å². The van der Waals surface area contributed by atoms with E-state index in [1.54, 1.807) is 19.1 Å². The van der Waals surface area contributed by atoms with Gasteiger partial charge in [0.25, 0.3) is 0 Å². The molecule has 3 rings (SSSR count). The molecule has 1 aliphatic carbocycles. The molecular formula is C17H20FNO2. The zero-order valence-electron chi connectivity index (χ0n) is 12.4. The summed E-state index contributed by atoms with van der Waals surface area (Å²) >= 11 is 0. The van der Waals surface area contributed by atoms with E-state index in [-0.39, 0.29) is 5.82 Å². The Labute approximate surface area is 124 Å². The average Bonchev–Trinajstić information content (AvgIpc) is 3.22. The number of ether oxygens (including phenoxy) is 1. The van der Waals surface area contributed by atoms with Crippen molar-refractivity contribution in [2.75, 3.05) is 0 Å². The zero-order chi connectivity index (χ0) is 14.8. The first-order valence-corrected chi connectivity index (χ1v) is 7.32. The minimum atomic E-state index is -0.213. The van der Waals surface area contributed by atoms with Crippen molar-refractivity contribution in [1.82, 2.24) is 5.32 Å². The van der Waals surface area contributed by atoms with Gasteiger partial charge in [0.1, 0.15) is 29.7 Å².